The molecule has 2 aromatic carbocycles. The lowest BCUT2D eigenvalue weighted by Crippen LogP contribution is -2.39. The molecule has 9 heteroatoms. The number of rotatable bonds is 5. The molecule has 0 aliphatic heterocycles. The van der Waals surface area contributed by atoms with Gasteiger partial charge in [0.05, 0.1) is 27.3 Å². The number of benzene rings is 2. The van der Waals surface area contributed by atoms with Gasteiger partial charge in [-0.15, -0.1) is 0 Å². The fraction of sp³-hybridized carbons (Fsp3) is 0.263. The average molecular weight is 411 g/mol. The first-order chi connectivity index (χ1) is 13.1. The summed E-state index contributed by atoms with van der Waals surface area (Å²) in [5, 5.41) is 5.51. The van der Waals surface area contributed by atoms with Gasteiger partial charge < -0.3 is 10.3 Å². The minimum absolute atomic E-state index is 0.114. The number of anilines is 2. The summed E-state index contributed by atoms with van der Waals surface area (Å²) >= 11 is 5.99. The zero-order valence-electron chi connectivity index (χ0n) is 15.1. The Hall–Kier alpha value is -2.74. The number of carbonyl (C=O) groups is 1. The van der Waals surface area contributed by atoms with Crippen LogP contribution in [0.25, 0.3) is 11.0 Å². The molecule has 1 aromatic heterocycles. The Balaban J connectivity index is 1.78. The van der Waals surface area contributed by atoms with Gasteiger partial charge in [-0.05, 0) is 36.2 Å². The van der Waals surface area contributed by atoms with Gasteiger partial charge in [0.25, 0.3) is 0 Å². The second-order valence-electron chi connectivity index (χ2n) is 6.65. The summed E-state index contributed by atoms with van der Waals surface area (Å²) in [6.07, 6.45) is -4.49. The number of hydrogen-bond donors (Lipinski definition) is 3. The standard InChI is InChI=1S/C19H18ClF3N4O/c1-10(2)16(24-13-8-7-11(9-12(13)20)19(21,22)23)17(28)27-18-25-14-5-3-4-6-15(14)26-18/h3-10,16,24H,1-2H3,(H2,25,26,27,28). The van der Waals surface area contributed by atoms with E-state index in [2.05, 4.69) is 20.6 Å². The number of fused-ring (bicyclic) bond motifs is 1. The number of H-pyrrole nitrogens is 1. The molecular formula is C19H18ClF3N4O. The van der Waals surface area contributed by atoms with E-state index in [-0.39, 0.29) is 28.5 Å². The van der Waals surface area contributed by atoms with Crippen LogP contribution >= 0.6 is 11.6 Å². The number of hydrogen-bond acceptors (Lipinski definition) is 3. The largest absolute Gasteiger partial charge is 0.416 e. The Morgan fingerprint density at radius 3 is 2.50 bits per heavy atom. The maximum atomic E-state index is 12.8. The van der Waals surface area contributed by atoms with Crippen LogP contribution in [0.5, 0.6) is 0 Å². The van der Waals surface area contributed by atoms with Crippen molar-refractivity contribution in [2.45, 2.75) is 26.1 Å². The number of amides is 1. The van der Waals surface area contributed by atoms with Gasteiger partial charge in [-0.2, -0.15) is 13.2 Å². The van der Waals surface area contributed by atoms with E-state index in [1.165, 1.54) is 6.07 Å². The summed E-state index contributed by atoms with van der Waals surface area (Å²) in [6, 6.07) is 9.55. The van der Waals surface area contributed by atoms with Gasteiger partial charge in [0.15, 0.2) is 0 Å². The van der Waals surface area contributed by atoms with Gasteiger partial charge in [0, 0.05) is 0 Å². The summed E-state index contributed by atoms with van der Waals surface area (Å²) in [5.41, 5.74) is 0.874. The summed E-state index contributed by atoms with van der Waals surface area (Å²) in [5.74, 6) is -0.259. The number of nitrogens with zero attached hydrogens (tertiary/aromatic N) is 1. The first-order valence-electron chi connectivity index (χ1n) is 8.54. The minimum Gasteiger partial charge on any atom is -0.372 e. The second-order valence-corrected chi connectivity index (χ2v) is 7.06. The van der Waals surface area contributed by atoms with Crippen molar-refractivity contribution in [3.63, 3.8) is 0 Å². The lowest BCUT2D eigenvalue weighted by Gasteiger charge is -2.23. The van der Waals surface area contributed by atoms with E-state index >= 15 is 0 Å². The molecule has 3 N–H and O–H groups in total. The highest BCUT2D eigenvalue weighted by Gasteiger charge is 2.31. The van der Waals surface area contributed by atoms with Crippen molar-refractivity contribution >= 4 is 40.2 Å². The number of halogens is 4. The third kappa shape index (κ3) is 4.39. The van der Waals surface area contributed by atoms with E-state index in [1.54, 1.807) is 0 Å². The van der Waals surface area contributed by atoms with E-state index in [9.17, 15) is 18.0 Å². The third-order valence-corrected chi connectivity index (χ3v) is 4.50. The molecule has 1 unspecified atom stereocenters. The molecule has 0 spiro atoms. The second kappa shape index (κ2) is 7.71. The monoisotopic (exact) mass is 410 g/mol. The summed E-state index contributed by atoms with van der Waals surface area (Å²) in [7, 11) is 0. The molecule has 0 saturated heterocycles. The summed E-state index contributed by atoms with van der Waals surface area (Å²) in [6.45, 7) is 3.63. The Morgan fingerprint density at radius 1 is 1.18 bits per heavy atom. The molecule has 3 aromatic rings. The highest BCUT2D eigenvalue weighted by molar-refractivity contribution is 6.33. The van der Waals surface area contributed by atoms with Crippen molar-refractivity contribution in [2.24, 2.45) is 5.92 Å². The molecule has 5 nitrogen and oxygen atoms in total. The predicted octanol–water partition coefficient (Wildman–Crippen LogP) is 5.31. The smallest absolute Gasteiger partial charge is 0.372 e. The maximum absolute atomic E-state index is 12.8. The van der Waals surface area contributed by atoms with Gasteiger partial charge in [0.2, 0.25) is 11.9 Å². The minimum atomic E-state index is -4.49. The van der Waals surface area contributed by atoms with Crippen molar-refractivity contribution in [2.75, 3.05) is 10.6 Å². The predicted molar refractivity (Wildman–Crippen MR) is 103 cm³/mol. The highest BCUT2D eigenvalue weighted by atomic mass is 35.5. The van der Waals surface area contributed by atoms with Gasteiger partial charge in [0.1, 0.15) is 6.04 Å². The third-order valence-electron chi connectivity index (χ3n) is 4.19. The summed E-state index contributed by atoms with van der Waals surface area (Å²) < 4.78 is 38.4. The fourth-order valence-electron chi connectivity index (χ4n) is 2.72. The number of carbonyl (C=O) groups excluding carboxylic acids is 1. The lowest BCUT2D eigenvalue weighted by molar-refractivity contribution is -0.137. The van der Waals surface area contributed by atoms with Crippen LogP contribution in [0.3, 0.4) is 0 Å². The molecule has 1 amide bonds. The van der Waals surface area contributed by atoms with E-state index < -0.39 is 17.8 Å². The van der Waals surface area contributed by atoms with E-state index in [0.29, 0.717) is 5.52 Å². The fourth-order valence-corrected chi connectivity index (χ4v) is 2.95. The molecule has 28 heavy (non-hydrogen) atoms. The Kier molecular flexibility index (Phi) is 5.51. The zero-order valence-corrected chi connectivity index (χ0v) is 15.8. The highest BCUT2D eigenvalue weighted by Crippen LogP contribution is 2.34. The maximum Gasteiger partial charge on any atom is 0.416 e. The Bertz CT molecular complexity index is 967. The molecule has 0 aliphatic carbocycles. The molecule has 0 radical (unpaired) electrons. The van der Waals surface area contributed by atoms with Gasteiger partial charge in [-0.1, -0.05) is 37.6 Å². The van der Waals surface area contributed by atoms with Gasteiger partial charge >= 0.3 is 6.18 Å². The van der Waals surface area contributed by atoms with E-state index in [1.807, 2.05) is 38.1 Å². The molecule has 3 rings (SSSR count). The van der Waals surface area contributed by atoms with Crippen LogP contribution in [0.15, 0.2) is 42.5 Å². The summed E-state index contributed by atoms with van der Waals surface area (Å²) in [4.78, 5) is 20.0. The van der Waals surface area contributed by atoms with Crippen molar-refractivity contribution in [3.8, 4) is 0 Å². The van der Waals surface area contributed by atoms with Crippen LogP contribution in [-0.4, -0.2) is 21.9 Å². The number of nitrogens with one attached hydrogen (secondary N) is 3. The van der Waals surface area contributed by atoms with Crippen molar-refractivity contribution < 1.29 is 18.0 Å². The van der Waals surface area contributed by atoms with Crippen LogP contribution in [0.1, 0.15) is 19.4 Å². The van der Waals surface area contributed by atoms with Crippen LogP contribution in [0, 0.1) is 5.92 Å². The molecular weight excluding hydrogens is 393 g/mol. The molecule has 0 saturated carbocycles. The molecule has 0 bridgehead atoms. The number of alkyl halides is 3. The van der Waals surface area contributed by atoms with Crippen LogP contribution in [0.2, 0.25) is 5.02 Å². The quantitative estimate of drug-likeness (QED) is 0.533. The van der Waals surface area contributed by atoms with Crippen molar-refractivity contribution in [3.05, 3.63) is 53.1 Å². The first kappa shape index (κ1) is 20.0. The molecule has 1 atom stereocenters. The van der Waals surface area contributed by atoms with Gasteiger partial charge in [-0.25, -0.2) is 4.98 Å². The SMILES string of the molecule is CC(C)C(Nc1ccc(C(F)(F)F)cc1Cl)C(=O)Nc1nc2ccccc2[nH]1. The molecule has 1 heterocycles. The number of aromatic amines is 1. The topological polar surface area (TPSA) is 69.8 Å². The van der Waals surface area contributed by atoms with Crippen LogP contribution < -0.4 is 10.6 Å². The van der Waals surface area contributed by atoms with Crippen molar-refractivity contribution in [1.82, 2.24) is 9.97 Å². The van der Waals surface area contributed by atoms with E-state index in [4.69, 9.17) is 11.6 Å². The van der Waals surface area contributed by atoms with Crippen molar-refractivity contribution in [1.29, 1.82) is 0 Å². The van der Waals surface area contributed by atoms with E-state index in [0.717, 1.165) is 17.6 Å². The van der Waals surface area contributed by atoms with Crippen LogP contribution in [0.4, 0.5) is 24.8 Å². The van der Waals surface area contributed by atoms with Crippen LogP contribution in [-0.2, 0) is 11.0 Å². The number of imidazole rings is 1. The Morgan fingerprint density at radius 2 is 1.89 bits per heavy atom. The zero-order chi connectivity index (χ0) is 20.5. The van der Waals surface area contributed by atoms with Gasteiger partial charge in [-0.3, -0.25) is 10.1 Å². The molecule has 0 fully saturated rings. The molecule has 0 aliphatic rings. The number of aromatic nitrogens is 2. The lowest BCUT2D eigenvalue weighted by atomic mass is 10.0. The molecule has 148 valence electrons. The number of para-hydroxylation sites is 2. The normalized spacial score (nSPS) is 13.0. The average Bonchev–Trinajstić information content (AvgIpc) is 3.01. The first-order valence-corrected chi connectivity index (χ1v) is 8.92. The Labute approximate surface area is 164 Å².